The van der Waals surface area contributed by atoms with Crippen molar-refractivity contribution >= 4 is 0 Å². The number of alkyl halides is 3. The Bertz CT molecular complexity index is 408. The second kappa shape index (κ2) is 4.82. The number of hydrogen-bond acceptors (Lipinski definition) is 1. The Balaban J connectivity index is 1.96. The Morgan fingerprint density at radius 1 is 1.28 bits per heavy atom. The molecule has 0 bridgehead atoms. The summed E-state index contributed by atoms with van der Waals surface area (Å²) in [6, 6.07) is 7.34. The minimum atomic E-state index is -4.14. The predicted molar refractivity (Wildman–Crippen MR) is 63.7 cm³/mol. The second-order valence-corrected chi connectivity index (χ2v) is 4.96. The van der Waals surface area contributed by atoms with Crippen LogP contribution in [0.3, 0.4) is 0 Å². The van der Waals surface area contributed by atoms with E-state index in [0.717, 1.165) is 18.4 Å². The molecule has 0 spiro atoms. The number of benzene rings is 1. The summed E-state index contributed by atoms with van der Waals surface area (Å²) in [5, 5.41) is 0. The lowest BCUT2D eigenvalue weighted by molar-refractivity contribution is -0.194. The van der Waals surface area contributed by atoms with Crippen LogP contribution < -0.4 is 4.74 Å². The van der Waals surface area contributed by atoms with Crippen molar-refractivity contribution in [3.8, 4) is 5.75 Å². The Hall–Kier alpha value is -1.19. The van der Waals surface area contributed by atoms with Crippen molar-refractivity contribution in [3.05, 3.63) is 29.8 Å². The first-order valence-electron chi connectivity index (χ1n) is 6.25. The maximum Gasteiger partial charge on any atom is 0.397 e. The molecule has 1 aliphatic carbocycles. The van der Waals surface area contributed by atoms with Crippen molar-refractivity contribution in [2.45, 2.75) is 38.8 Å². The van der Waals surface area contributed by atoms with Gasteiger partial charge in [-0.25, -0.2) is 0 Å². The van der Waals surface area contributed by atoms with Crippen molar-refractivity contribution < 1.29 is 17.9 Å². The van der Waals surface area contributed by atoms with Crippen LogP contribution in [-0.4, -0.2) is 12.8 Å². The molecule has 4 heteroatoms. The molecule has 1 aromatic carbocycles. The molecule has 0 heterocycles. The molecule has 0 amide bonds. The number of hydrogen-bond donors (Lipinski definition) is 0. The lowest BCUT2D eigenvalue weighted by Crippen LogP contribution is -2.30. The molecule has 0 unspecified atom stereocenters. The molecule has 0 N–H and O–H groups in total. The predicted octanol–water partition coefficient (Wildman–Crippen LogP) is 4.36. The van der Waals surface area contributed by atoms with E-state index in [-0.39, 0.29) is 19.4 Å². The maximum absolute atomic E-state index is 12.7. The molecule has 1 nitrogen and oxygen atoms in total. The molecule has 1 aromatic rings. The molecule has 100 valence electrons. The highest BCUT2D eigenvalue weighted by molar-refractivity contribution is 5.28. The Labute approximate surface area is 105 Å². The smallest absolute Gasteiger partial charge is 0.397 e. The van der Waals surface area contributed by atoms with Gasteiger partial charge in [0.05, 0.1) is 0 Å². The van der Waals surface area contributed by atoms with Crippen LogP contribution in [0.4, 0.5) is 13.2 Å². The highest BCUT2D eigenvalue weighted by Gasteiger charge is 2.63. The molecule has 1 aliphatic rings. The van der Waals surface area contributed by atoms with E-state index in [4.69, 9.17) is 4.74 Å². The zero-order valence-corrected chi connectivity index (χ0v) is 10.4. The molecule has 1 fully saturated rings. The number of ether oxygens (including phenoxy) is 1. The molecule has 0 saturated heterocycles. The lowest BCUT2D eigenvalue weighted by Gasteiger charge is -2.19. The fourth-order valence-electron chi connectivity index (χ4n) is 1.96. The third kappa shape index (κ3) is 2.79. The van der Waals surface area contributed by atoms with Gasteiger partial charge in [0.2, 0.25) is 0 Å². The highest BCUT2D eigenvalue weighted by atomic mass is 19.4. The Morgan fingerprint density at radius 2 is 2.00 bits per heavy atom. The normalized spacial score (nSPS) is 17.6. The Morgan fingerprint density at radius 3 is 2.56 bits per heavy atom. The number of aryl methyl sites for hydroxylation is 1. The zero-order chi connectivity index (χ0) is 13.2. The quantitative estimate of drug-likeness (QED) is 0.762. The Kier molecular flexibility index (Phi) is 3.55. The SMILES string of the molecule is CCCc1cccc(OCC2(C(F)(F)F)CC2)c1. The minimum Gasteiger partial charge on any atom is -0.493 e. The monoisotopic (exact) mass is 258 g/mol. The largest absolute Gasteiger partial charge is 0.493 e. The van der Waals surface area contributed by atoms with E-state index in [1.807, 2.05) is 18.2 Å². The van der Waals surface area contributed by atoms with Gasteiger partial charge < -0.3 is 4.74 Å². The molecule has 0 radical (unpaired) electrons. The second-order valence-electron chi connectivity index (χ2n) is 4.96. The fraction of sp³-hybridized carbons (Fsp3) is 0.571. The third-order valence-corrected chi connectivity index (χ3v) is 3.41. The van der Waals surface area contributed by atoms with Crippen LogP contribution in [0, 0.1) is 5.41 Å². The lowest BCUT2D eigenvalue weighted by atomic mass is 10.1. The van der Waals surface area contributed by atoms with Gasteiger partial charge in [0.1, 0.15) is 17.8 Å². The average Bonchev–Trinajstić information content (AvgIpc) is 3.08. The molecule has 2 rings (SSSR count). The zero-order valence-electron chi connectivity index (χ0n) is 10.4. The molecule has 18 heavy (non-hydrogen) atoms. The van der Waals surface area contributed by atoms with E-state index in [1.54, 1.807) is 6.07 Å². The van der Waals surface area contributed by atoms with Gasteiger partial charge in [0.15, 0.2) is 0 Å². The summed E-state index contributed by atoms with van der Waals surface area (Å²) < 4.78 is 43.5. The summed E-state index contributed by atoms with van der Waals surface area (Å²) in [5.74, 6) is 0.538. The summed E-state index contributed by atoms with van der Waals surface area (Å²) >= 11 is 0. The van der Waals surface area contributed by atoms with Gasteiger partial charge in [-0.1, -0.05) is 25.5 Å². The summed E-state index contributed by atoms with van der Waals surface area (Å²) in [6.45, 7) is 1.81. The molecule has 1 saturated carbocycles. The van der Waals surface area contributed by atoms with Gasteiger partial charge in [0.25, 0.3) is 0 Å². The summed E-state index contributed by atoms with van der Waals surface area (Å²) in [6.07, 6.45) is -1.85. The number of rotatable bonds is 5. The van der Waals surface area contributed by atoms with Gasteiger partial charge in [-0.05, 0) is 37.0 Å². The van der Waals surface area contributed by atoms with Crippen LogP contribution in [0.25, 0.3) is 0 Å². The molecule has 0 atom stereocenters. The molecular formula is C14H17F3O. The molecule has 0 aromatic heterocycles. The van der Waals surface area contributed by atoms with E-state index in [0.29, 0.717) is 5.75 Å². The van der Waals surface area contributed by atoms with Gasteiger partial charge in [-0.15, -0.1) is 0 Å². The first-order chi connectivity index (χ1) is 8.47. The van der Waals surface area contributed by atoms with Crippen LogP contribution in [0.1, 0.15) is 31.7 Å². The standard InChI is InChI=1S/C14H17F3O/c1-2-4-11-5-3-6-12(9-11)18-10-13(7-8-13)14(15,16)17/h3,5-6,9H,2,4,7-8,10H2,1H3. The van der Waals surface area contributed by atoms with Crippen molar-refractivity contribution in [1.29, 1.82) is 0 Å². The van der Waals surface area contributed by atoms with Crippen LogP contribution in [0.15, 0.2) is 24.3 Å². The first kappa shape index (κ1) is 13.2. The van der Waals surface area contributed by atoms with Gasteiger partial charge in [-0.2, -0.15) is 13.2 Å². The van der Waals surface area contributed by atoms with Crippen LogP contribution in [-0.2, 0) is 6.42 Å². The fourth-order valence-corrected chi connectivity index (χ4v) is 1.96. The minimum absolute atomic E-state index is 0.186. The van der Waals surface area contributed by atoms with Crippen molar-refractivity contribution in [3.63, 3.8) is 0 Å². The average molecular weight is 258 g/mol. The summed E-state index contributed by atoms with van der Waals surface area (Å²) in [7, 11) is 0. The van der Waals surface area contributed by atoms with Gasteiger partial charge >= 0.3 is 6.18 Å². The third-order valence-electron chi connectivity index (χ3n) is 3.41. The summed E-state index contributed by atoms with van der Waals surface area (Å²) in [5.41, 5.74) is -0.486. The van der Waals surface area contributed by atoms with Gasteiger partial charge in [0, 0.05) is 0 Å². The number of halogens is 3. The van der Waals surface area contributed by atoms with Crippen molar-refractivity contribution in [1.82, 2.24) is 0 Å². The van der Waals surface area contributed by atoms with E-state index < -0.39 is 11.6 Å². The van der Waals surface area contributed by atoms with Gasteiger partial charge in [-0.3, -0.25) is 0 Å². The van der Waals surface area contributed by atoms with Crippen LogP contribution >= 0.6 is 0 Å². The first-order valence-corrected chi connectivity index (χ1v) is 6.25. The van der Waals surface area contributed by atoms with Crippen molar-refractivity contribution in [2.75, 3.05) is 6.61 Å². The highest BCUT2D eigenvalue weighted by Crippen LogP contribution is 2.57. The summed E-state index contributed by atoms with van der Waals surface area (Å²) in [4.78, 5) is 0. The van der Waals surface area contributed by atoms with Crippen LogP contribution in [0.2, 0.25) is 0 Å². The van der Waals surface area contributed by atoms with E-state index in [2.05, 4.69) is 6.92 Å². The molecule has 0 aliphatic heterocycles. The van der Waals surface area contributed by atoms with Crippen LogP contribution in [0.5, 0.6) is 5.75 Å². The maximum atomic E-state index is 12.7. The van der Waals surface area contributed by atoms with Crippen molar-refractivity contribution in [2.24, 2.45) is 5.41 Å². The molecular weight excluding hydrogens is 241 g/mol. The van der Waals surface area contributed by atoms with E-state index >= 15 is 0 Å². The van der Waals surface area contributed by atoms with E-state index in [9.17, 15) is 13.2 Å². The van der Waals surface area contributed by atoms with E-state index in [1.165, 1.54) is 0 Å². The topological polar surface area (TPSA) is 9.23 Å².